The summed E-state index contributed by atoms with van der Waals surface area (Å²) < 4.78 is 11.9. The lowest BCUT2D eigenvalue weighted by Gasteiger charge is -2.27. The number of benzene rings is 4. The summed E-state index contributed by atoms with van der Waals surface area (Å²) in [5.41, 5.74) is -0.0647. The largest absolute Gasteiger partial charge is 1.00 e. The number of nitrogens with one attached hydrogen (secondary N) is 3. The van der Waals surface area contributed by atoms with Crippen LogP contribution in [0.4, 0.5) is 5.69 Å². The molecule has 7 nitrogen and oxygen atoms in total. The van der Waals surface area contributed by atoms with Crippen molar-refractivity contribution in [3.63, 3.8) is 0 Å². The zero-order chi connectivity index (χ0) is 27.6. The molecule has 0 saturated carbocycles. The third kappa shape index (κ3) is 7.13. The summed E-state index contributed by atoms with van der Waals surface area (Å²) in [6.45, 7) is 2.50. The number of ether oxygens (including phenoxy) is 2. The molecule has 0 fully saturated rings. The van der Waals surface area contributed by atoms with Crippen molar-refractivity contribution in [3.8, 4) is 0 Å². The number of hydrogen-bond donors (Lipinski definition) is 3. The Morgan fingerprint density at radius 2 is 1.10 bits per heavy atom. The van der Waals surface area contributed by atoms with Crippen LogP contribution in [0.3, 0.4) is 0 Å². The smallest absolute Gasteiger partial charge is 0.272 e. The molecule has 5 aromatic rings. The number of anilines is 1. The van der Waals surface area contributed by atoms with Gasteiger partial charge in [0.15, 0.2) is 0 Å². The highest BCUT2D eigenvalue weighted by Gasteiger charge is 2.44. The third-order valence-corrected chi connectivity index (χ3v) is 11.3. The molecule has 3 N–H and O–H groups in total. The average Bonchev–Trinajstić information content (AvgIpc) is 3.01. The molecule has 41 heavy (non-hydrogen) atoms. The Morgan fingerprint density at radius 3 is 1.66 bits per heavy atom. The zero-order valence-corrected chi connectivity index (χ0v) is 25.6. The fourth-order valence-electron chi connectivity index (χ4n) is 5.04. The maximum atomic E-state index is 12.2. The van der Waals surface area contributed by atoms with Gasteiger partial charge in [0.2, 0.25) is 0 Å². The predicted molar refractivity (Wildman–Crippen MR) is 165 cm³/mol. The van der Waals surface area contributed by atoms with Gasteiger partial charge in [-0.2, -0.15) is 0 Å². The second kappa shape index (κ2) is 15.1. The molecule has 1 aromatic heterocycles. The molecule has 0 amide bonds. The number of rotatable bonds is 13. The monoisotopic (exact) mass is 681 g/mol. The van der Waals surface area contributed by atoms with E-state index >= 15 is 0 Å². The minimum Gasteiger partial charge on any atom is -1.00 e. The highest BCUT2D eigenvalue weighted by molar-refractivity contribution is 7.95. The summed E-state index contributed by atoms with van der Waals surface area (Å²) in [5.74, 6) is 0. The van der Waals surface area contributed by atoms with Gasteiger partial charge in [0, 0.05) is 12.2 Å². The van der Waals surface area contributed by atoms with E-state index in [2.05, 4.69) is 107 Å². The van der Waals surface area contributed by atoms with E-state index in [9.17, 15) is 9.59 Å². The van der Waals surface area contributed by atoms with Crippen LogP contribution < -0.4 is 56.3 Å². The number of hydrogen-bond acceptors (Lipinski definition) is 5. The average molecular weight is 682 g/mol. The van der Waals surface area contributed by atoms with Gasteiger partial charge in [-0.15, -0.1) is 0 Å². The molecule has 0 unspecified atom stereocenters. The van der Waals surface area contributed by atoms with Crippen molar-refractivity contribution in [3.05, 3.63) is 130 Å². The first-order valence-electron chi connectivity index (χ1n) is 13.4. The molecule has 0 aliphatic heterocycles. The molecule has 0 bridgehead atoms. The Kier molecular flexibility index (Phi) is 11.3. The van der Waals surface area contributed by atoms with Crippen LogP contribution in [-0.4, -0.2) is 49.3 Å². The summed E-state index contributed by atoms with van der Waals surface area (Å²) in [5, 5.41) is 12.6. The van der Waals surface area contributed by atoms with E-state index in [0.29, 0.717) is 49.4 Å². The van der Waals surface area contributed by atoms with Crippen molar-refractivity contribution >= 4 is 39.6 Å². The van der Waals surface area contributed by atoms with E-state index in [1.54, 1.807) is 18.2 Å². The van der Waals surface area contributed by atoms with Gasteiger partial charge in [0.05, 0.1) is 43.4 Å². The van der Waals surface area contributed by atoms with Crippen LogP contribution in [0.5, 0.6) is 0 Å². The molecule has 4 aromatic carbocycles. The van der Waals surface area contributed by atoms with Gasteiger partial charge in [-0.05, 0) is 48.5 Å². The molecular weight excluding hydrogens is 648 g/mol. The number of fused-ring (bicyclic) bond motifs is 1. The van der Waals surface area contributed by atoms with E-state index in [1.165, 1.54) is 15.9 Å². The van der Waals surface area contributed by atoms with E-state index in [-0.39, 0.29) is 35.1 Å². The maximum absolute atomic E-state index is 12.2. The molecule has 1 heterocycles. The molecule has 0 aliphatic carbocycles. The van der Waals surface area contributed by atoms with Crippen LogP contribution in [-0.2, 0) is 9.47 Å². The lowest BCUT2D eigenvalue weighted by atomic mass is 10.1. The van der Waals surface area contributed by atoms with Crippen LogP contribution >= 0.6 is 7.26 Å². The molecule has 9 heteroatoms. The van der Waals surface area contributed by atoms with Gasteiger partial charge in [-0.3, -0.25) is 19.8 Å². The standard InChI is InChI=1S/C32H32N3O4P.HI/c36-31-28-17-10-18-29(30(28)32(37)35-34-31)33-19-20-38-21-22-39-23-24-40(25-11-4-1-5-12-25,26-13-6-2-7-14-26)27-15-8-3-9-16-27;/h1-18H,19-24H2,(H2-,33,34,35,36,37);1H. The summed E-state index contributed by atoms with van der Waals surface area (Å²) in [6, 6.07) is 37.5. The molecule has 212 valence electrons. The second-order valence-electron chi connectivity index (χ2n) is 9.33. The first-order chi connectivity index (χ1) is 19.7. The van der Waals surface area contributed by atoms with Gasteiger partial charge in [0.1, 0.15) is 23.2 Å². The molecule has 0 aliphatic rings. The Labute approximate surface area is 256 Å². The van der Waals surface area contributed by atoms with Gasteiger partial charge in [0.25, 0.3) is 11.1 Å². The minimum atomic E-state index is -1.91. The SMILES string of the molecule is O=c1[nH][nH]c(=O)c2c(NCCOCCOCC[P+](c3ccccc3)(c3ccccc3)c3ccccc3)cccc12.[I-]. The van der Waals surface area contributed by atoms with E-state index in [1.807, 2.05) is 0 Å². The van der Waals surface area contributed by atoms with E-state index < -0.39 is 7.26 Å². The lowest BCUT2D eigenvalue weighted by molar-refractivity contribution is -0.00000875. The molecule has 0 atom stereocenters. The van der Waals surface area contributed by atoms with Crippen molar-refractivity contribution in [2.45, 2.75) is 0 Å². The van der Waals surface area contributed by atoms with E-state index in [4.69, 9.17) is 9.47 Å². The van der Waals surface area contributed by atoms with Crippen LogP contribution in [0.2, 0.25) is 0 Å². The maximum Gasteiger partial charge on any atom is 0.272 e. The fraction of sp³-hybridized carbons (Fsp3) is 0.188. The third-order valence-electron chi connectivity index (χ3n) is 6.92. The van der Waals surface area contributed by atoms with Crippen LogP contribution in [0.25, 0.3) is 10.8 Å². The number of H-pyrrole nitrogens is 2. The van der Waals surface area contributed by atoms with Gasteiger partial charge in [-0.1, -0.05) is 60.7 Å². The fourth-order valence-corrected chi connectivity index (χ4v) is 9.16. The van der Waals surface area contributed by atoms with Crippen molar-refractivity contribution in [1.82, 2.24) is 10.2 Å². The quantitative estimate of drug-likeness (QED) is 0.0966. The molecular formula is C32H33IN3O4P. The summed E-state index contributed by atoms with van der Waals surface area (Å²) in [4.78, 5) is 24.2. The highest BCUT2D eigenvalue weighted by Crippen LogP contribution is 2.54. The zero-order valence-electron chi connectivity index (χ0n) is 22.6. The Morgan fingerprint density at radius 1 is 0.585 bits per heavy atom. The van der Waals surface area contributed by atoms with Gasteiger partial charge < -0.3 is 38.8 Å². The first kappa shape index (κ1) is 30.7. The van der Waals surface area contributed by atoms with Crippen LogP contribution in [0.15, 0.2) is 119 Å². The van der Waals surface area contributed by atoms with E-state index in [0.717, 1.165) is 6.16 Å². The van der Waals surface area contributed by atoms with Crippen molar-refractivity contribution < 1.29 is 33.5 Å². The Hall–Kier alpha value is -3.30. The lowest BCUT2D eigenvalue weighted by Crippen LogP contribution is -3.00. The number of halogens is 1. The minimum absolute atomic E-state index is 0. The summed E-state index contributed by atoms with van der Waals surface area (Å²) >= 11 is 0. The molecule has 5 rings (SSSR count). The Bertz CT molecular complexity index is 1530. The summed E-state index contributed by atoms with van der Waals surface area (Å²) in [7, 11) is -1.91. The van der Waals surface area contributed by atoms with Crippen LogP contribution in [0.1, 0.15) is 0 Å². The van der Waals surface area contributed by atoms with Crippen LogP contribution in [0, 0.1) is 0 Å². The second-order valence-corrected chi connectivity index (χ2v) is 12.9. The summed E-state index contributed by atoms with van der Waals surface area (Å²) in [6.07, 6.45) is 0.890. The van der Waals surface area contributed by atoms with Crippen molar-refractivity contribution in [2.75, 3.05) is 44.5 Å². The molecule has 0 saturated heterocycles. The topological polar surface area (TPSA) is 96.2 Å². The number of aromatic nitrogens is 2. The molecule has 0 radical (unpaired) electrons. The predicted octanol–water partition coefficient (Wildman–Crippen LogP) is 0.660. The molecule has 0 spiro atoms. The van der Waals surface area contributed by atoms with Gasteiger partial charge in [-0.25, -0.2) is 0 Å². The van der Waals surface area contributed by atoms with Crippen molar-refractivity contribution in [1.29, 1.82) is 0 Å². The first-order valence-corrected chi connectivity index (χ1v) is 15.4. The van der Waals surface area contributed by atoms with Crippen molar-refractivity contribution in [2.24, 2.45) is 0 Å². The normalized spacial score (nSPS) is 11.2. The highest BCUT2D eigenvalue weighted by atomic mass is 127. The van der Waals surface area contributed by atoms with Gasteiger partial charge >= 0.3 is 0 Å². The Balaban J connectivity index is 0.00000387. The number of aromatic amines is 2.